The van der Waals surface area contributed by atoms with Crippen LogP contribution in [0.3, 0.4) is 0 Å². The van der Waals surface area contributed by atoms with Crippen molar-refractivity contribution in [1.29, 1.82) is 0 Å². The summed E-state index contributed by atoms with van der Waals surface area (Å²) in [6, 6.07) is 5.04. The fraction of sp³-hybridized carbons (Fsp3) is 0.571. The summed E-state index contributed by atoms with van der Waals surface area (Å²) in [6.45, 7) is 9.12. The average molecular weight is 712 g/mol. The van der Waals surface area contributed by atoms with Crippen molar-refractivity contribution in [2.24, 2.45) is 11.3 Å². The molecule has 0 bridgehead atoms. The summed E-state index contributed by atoms with van der Waals surface area (Å²) in [7, 11) is -2.32. The van der Waals surface area contributed by atoms with E-state index in [-0.39, 0.29) is 25.5 Å². The van der Waals surface area contributed by atoms with E-state index in [1.807, 2.05) is 18.2 Å². The van der Waals surface area contributed by atoms with E-state index in [0.29, 0.717) is 29.9 Å². The fourth-order valence-electron chi connectivity index (χ4n) is 6.51. The Bertz CT molecular complexity index is 1800. The summed E-state index contributed by atoms with van der Waals surface area (Å²) >= 11 is 0. The first-order valence-electron chi connectivity index (χ1n) is 17.0. The molecule has 0 spiro atoms. The van der Waals surface area contributed by atoms with Gasteiger partial charge in [0.05, 0.1) is 18.9 Å². The van der Waals surface area contributed by atoms with E-state index in [4.69, 9.17) is 14.2 Å². The number of ether oxygens (including phenoxy) is 3. The van der Waals surface area contributed by atoms with Crippen molar-refractivity contribution in [2.75, 3.05) is 13.7 Å². The number of carbonyl (C=O) groups is 4. The Labute approximate surface area is 291 Å². The number of carbonyl (C=O) groups excluding carboxylic acids is 4. The molecule has 1 aromatic carbocycles. The number of sulfonamides is 1. The van der Waals surface area contributed by atoms with Crippen LogP contribution in [-0.4, -0.2) is 90.9 Å². The van der Waals surface area contributed by atoms with Gasteiger partial charge in [0.15, 0.2) is 0 Å². The minimum absolute atomic E-state index is 0.0305. The molecule has 14 nitrogen and oxygen atoms in total. The topological polar surface area (TPSA) is 182 Å². The third-order valence-electron chi connectivity index (χ3n) is 10.0. The second kappa shape index (κ2) is 13.4. The molecule has 3 N–H and O–H groups in total. The van der Waals surface area contributed by atoms with Gasteiger partial charge >= 0.3 is 6.09 Å². The number of nitrogens with one attached hydrogen (secondary N) is 3. The van der Waals surface area contributed by atoms with Gasteiger partial charge in [-0.05, 0) is 73.6 Å². The number of nitrogens with zero attached hydrogens (tertiary/aromatic N) is 2. The zero-order valence-electron chi connectivity index (χ0n) is 28.8. The number of benzene rings is 1. The van der Waals surface area contributed by atoms with Crippen molar-refractivity contribution >= 4 is 44.6 Å². The van der Waals surface area contributed by atoms with E-state index in [0.717, 1.165) is 24.6 Å². The van der Waals surface area contributed by atoms with Crippen LogP contribution in [0.4, 0.5) is 4.79 Å². The molecule has 270 valence electrons. The van der Waals surface area contributed by atoms with Crippen LogP contribution in [0.15, 0.2) is 43.1 Å². The zero-order chi connectivity index (χ0) is 36.0. The molecule has 4 amide bonds. The lowest BCUT2D eigenvalue weighted by Gasteiger charge is -2.36. The summed E-state index contributed by atoms with van der Waals surface area (Å²) < 4.78 is 44.7. The summed E-state index contributed by atoms with van der Waals surface area (Å²) in [5, 5.41) is 6.40. The number of likely N-dealkylation sites (tertiary alicyclic amines) is 1. The number of pyridine rings is 1. The van der Waals surface area contributed by atoms with Gasteiger partial charge in [0, 0.05) is 23.9 Å². The number of hydrogen-bond acceptors (Lipinski definition) is 10. The lowest BCUT2D eigenvalue weighted by Crippen LogP contribution is -2.60. The maximum atomic E-state index is 14.4. The molecule has 5 atom stereocenters. The zero-order valence-corrected chi connectivity index (χ0v) is 29.6. The number of rotatable bonds is 12. The third-order valence-corrected chi connectivity index (χ3v) is 11.8. The van der Waals surface area contributed by atoms with Crippen LogP contribution in [0, 0.1) is 11.3 Å². The highest BCUT2D eigenvalue weighted by atomic mass is 32.2. The van der Waals surface area contributed by atoms with Crippen molar-refractivity contribution in [3.05, 3.63) is 43.1 Å². The molecule has 1 saturated heterocycles. The molecule has 3 aliphatic carbocycles. The molecule has 2 heterocycles. The first-order valence-corrected chi connectivity index (χ1v) is 18.6. The summed E-state index contributed by atoms with van der Waals surface area (Å²) in [4.78, 5) is 60.7. The van der Waals surface area contributed by atoms with E-state index in [9.17, 15) is 27.6 Å². The maximum absolute atomic E-state index is 14.4. The number of methoxy groups -OCH3 is 1. The molecular weight excluding hydrogens is 666 g/mol. The standard InChI is InChI=1S/C35H45N5O9S/c1-6-21-18-35(21,32(43)39-50(45,46)25-11-12-25)38-29(41)27-17-24(48-30-26-13-10-23(47-5)16-20(26)14-15-36-30)19-40(27)31(42)28(34(2,3)4)37-33(44)49-22-8-7-9-22/h6,10,13-16,21-22,24-25,27-28H,1,7-9,11-12,17-19H2,2-5H3,(H,37,44)(H,38,41)(H,39,43)/t21?,24-,27+,28-,35-/m1/s1. The summed E-state index contributed by atoms with van der Waals surface area (Å²) in [5.74, 6) is -1.59. The van der Waals surface area contributed by atoms with Gasteiger partial charge in [0.2, 0.25) is 27.7 Å². The van der Waals surface area contributed by atoms with Gasteiger partial charge in [-0.2, -0.15) is 0 Å². The quantitative estimate of drug-likeness (QED) is 0.277. The van der Waals surface area contributed by atoms with Crippen molar-refractivity contribution in [1.82, 2.24) is 25.2 Å². The second-order valence-electron chi connectivity index (χ2n) is 14.8. The van der Waals surface area contributed by atoms with Crippen LogP contribution in [0.25, 0.3) is 10.8 Å². The minimum Gasteiger partial charge on any atom is -0.497 e. The SMILES string of the molecule is C=CC1C[C@]1(NC(=O)[C@@H]1C[C@@H](Oc2nccc3cc(OC)ccc23)CN1C(=O)[C@@H](NC(=O)OC1CCC1)C(C)(C)C)C(=O)NS(=O)(=O)C1CC1. The number of amides is 4. The van der Waals surface area contributed by atoms with Crippen LogP contribution >= 0.6 is 0 Å². The van der Waals surface area contributed by atoms with E-state index >= 15 is 0 Å². The lowest BCUT2D eigenvalue weighted by atomic mass is 9.85. The molecule has 6 rings (SSSR count). The third kappa shape index (κ3) is 7.23. The second-order valence-corrected chi connectivity index (χ2v) is 16.7. The fourth-order valence-corrected chi connectivity index (χ4v) is 7.87. The Morgan fingerprint density at radius 3 is 2.44 bits per heavy atom. The Morgan fingerprint density at radius 1 is 1.10 bits per heavy atom. The Morgan fingerprint density at radius 2 is 1.84 bits per heavy atom. The molecular formula is C35H45N5O9S. The first-order chi connectivity index (χ1) is 23.6. The Kier molecular flexibility index (Phi) is 9.48. The smallest absolute Gasteiger partial charge is 0.408 e. The molecule has 50 heavy (non-hydrogen) atoms. The maximum Gasteiger partial charge on any atom is 0.408 e. The monoisotopic (exact) mass is 711 g/mol. The van der Waals surface area contributed by atoms with Crippen LogP contribution < -0.4 is 24.8 Å². The normalized spacial score (nSPS) is 25.5. The van der Waals surface area contributed by atoms with Crippen LogP contribution in [-0.2, 0) is 29.1 Å². The van der Waals surface area contributed by atoms with Crippen LogP contribution in [0.2, 0.25) is 0 Å². The summed E-state index contributed by atoms with van der Waals surface area (Å²) in [5.41, 5.74) is -2.33. The molecule has 0 radical (unpaired) electrons. The highest BCUT2D eigenvalue weighted by Gasteiger charge is 2.62. The van der Waals surface area contributed by atoms with Crippen molar-refractivity contribution < 1.29 is 41.8 Å². The molecule has 4 fully saturated rings. The first kappa shape index (κ1) is 35.4. The molecule has 1 aliphatic heterocycles. The van der Waals surface area contributed by atoms with E-state index in [1.54, 1.807) is 40.1 Å². The molecule has 1 aromatic heterocycles. The van der Waals surface area contributed by atoms with Crippen molar-refractivity contribution in [3.8, 4) is 11.6 Å². The van der Waals surface area contributed by atoms with E-state index in [2.05, 4.69) is 26.9 Å². The minimum atomic E-state index is -3.89. The molecule has 15 heteroatoms. The van der Waals surface area contributed by atoms with E-state index < -0.39 is 74.1 Å². The van der Waals surface area contributed by atoms with Gasteiger partial charge in [0.25, 0.3) is 5.91 Å². The van der Waals surface area contributed by atoms with Crippen molar-refractivity contribution in [3.63, 3.8) is 0 Å². The van der Waals surface area contributed by atoms with Gasteiger partial charge in [-0.3, -0.25) is 19.1 Å². The van der Waals surface area contributed by atoms with Crippen molar-refractivity contribution in [2.45, 2.75) is 101 Å². The van der Waals surface area contributed by atoms with Gasteiger partial charge in [-0.15, -0.1) is 6.58 Å². The highest BCUT2D eigenvalue weighted by molar-refractivity contribution is 7.91. The van der Waals surface area contributed by atoms with Gasteiger partial charge < -0.3 is 29.7 Å². The van der Waals surface area contributed by atoms with Gasteiger partial charge in [0.1, 0.15) is 35.6 Å². The molecule has 4 aliphatic rings. The molecule has 3 saturated carbocycles. The number of hydrogen-bond donors (Lipinski definition) is 3. The van der Waals surface area contributed by atoms with E-state index in [1.165, 1.54) is 11.0 Å². The Balaban J connectivity index is 1.27. The van der Waals surface area contributed by atoms with Gasteiger partial charge in [-0.1, -0.05) is 26.8 Å². The highest BCUT2D eigenvalue weighted by Crippen LogP contribution is 2.45. The number of fused-ring (bicyclic) bond motifs is 1. The van der Waals surface area contributed by atoms with Crippen LogP contribution in [0.5, 0.6) is 11.6 Å². The average Bonchev–Trinajstić information content (AvgIpc) is 3.97. The predicted octanol–water partition coefficient (Wildman–Crippen LogP) is 2.95. The number of alkyl carbamates (subject to hydrolysis) is 1. The molecule has 2 aromatic rings. The summed E-state index contributed by atoms with van der Waals surface area (Å²) in [6.07, 6.45) is 5.05. The number of aromatic nitrogens is 1. The van der Waals surface area contributed by atoms with Gasteiger partial charge in [-0.25, -0.2) is 18.2 Å². The predicted molar refractivity (Wildman–Crippen MR) is 183 cm³/mol. The Hall–Kier alpha value is -4.40. The lowest BCUT2D eigenvalue weighted by molar-refractivity contribution is -0.143. The molecule has 1 unspecified atom stereocenters. The largest absolute Gasteiger partial charge is 0.497 e. The van der Waals surface area contributed by atoms with Crippen LogP contribution in [0.1, 0.15) is 65.7 Å².